The van der Waals surface area contributed by atoms with Crippen molar-refractivity contribution in [2.24, 2.45) is 0 Å². The minimum Gasteiger partial charge on any atom is -0.334 e. The highest BCUT2D eigenvalue weighted by Crippen LogP contribution is 2.52. The van der Waals surface area contributed by atoms with Gasteiger partial charge in [0.15, 0.2) is 17.0 Å². The quantitative estimate of drug-likeness (QED) is 0.155. The van der Waals surface area contributed by atoms with Gasteiger partial charge in [0.1, 0.15) is 0 Å². The summed E-state index contributed by atoms with van der Waals surface area (Å²) in [4.78, 5) is 0. The van der Waals surface area contributed by atoms with Gasteiger partial charge < -0.3 is 9.47 Å². The minimum atomic E-state index is -4.66. The van der Waals surface area contributed by atoms with Crippen molar-refractivity contribution in [2.75, 3.05) is 0 Å². The van der Waals surface area contributed by atoms with Gasteiger partial charge >= 0.3 is 12.4 Å². The molecule has 0 atom stereocenters. The van der Waals surface area contributed by atoms with Gasteiger partial charge in [-0.1, -0.05) is 84.0 Å². The van der Waals surface area contributed by atoms with E-state index in [-0.39, 0.29) is 32.1 Å². The molecule has 2 fully saturated rings. The van der Waals surface area contributed by atoms with Crippen molar-refractivity contribution in [3.05, 3.63) is 0 Å². The molecule has 196 valence electrons. The first kappa shape index (κ1) is 28.7. The molecule has 2 saturated carbocycles. The van der Waals surface area contributed by atoms with Gasteiger partial charge in [0.2, 0.25) is 0 Å². The highest BCUT2D eigenvalue weighted by Gasteiger charge is 2.63. The van der Waals surface area contributed by atoms with E-state index < -0.39 is 29.3 Å². The Bertz CT molecular complexity index is 522. The van der Waals surface area contributed by atoms with Crippen molar-refractivity contribution in [1.29, 1.82) is 0 Å². The molecule has 0 heterocycles. The Morgan fingerprint density at radius 1 is 0.576 bits per heavy atom. The first-order valence-electron chi connectivity index (χ1n) is 12.9. The zero-order valence-corrected chi connectivity index (χ0v) is 20.3. The fraction of sp³-hybridized carbons (Fsp3) is 1.00. The lowest BCUT2D eigenvalue weighted by molar-refractivity contribution is -0.415. The van der Waals surface area contributed by atoms with Crippen LogP contribution in [-0.4, -0.2) is 29.3 Å². The molecule has 2 aliphatic carbocycles. The zero-order chi connectivity index (χ0) is 24.6. The summed E-state index contributed by atoms with van der Waals surface area (Å²) in [5.74, 6) is -1.94. The monoisotopic (exact) mass is 488 g/mol. The van der Waals surface area contributed by atoms with E-state index in [1.807, 2.05) is 0 Å². The summed E-state index contributed by atoms with van der Waals surface area (Å²) in [5.41, 5.74) is -4.88. The van der Waals surface area contributed by atoms with Crippen LogP contribution in [0.2, 0.25) is 0 Å². The van der Waals surface area contributed by atoms with E-state index in [9.17, 15) is 26.3 Å². The summed E-state index contributed by atoms with van der Waals surface area (Å²) < 4.78 is 96.7. The number of halogens is 6. The molecule has 0 aliphatic heterocycles. The standard InChI is InChI=1S/C25H42F6O2/c1-3-4-5-6-7-8-11-16-21(2,32-22(24(26,27)28)17-12-9-13-18-22)33-23(25(29,30)31)19-14-10-15-20-23/h3-20H2,1-2H3. The smallest absolute Gasteiger partial charge is 0.334 e. The van der Waals surface area contributed by atoms with Crippen LogP contribution in [-0.2, 0) is 9.47 Å². The predicted molar refractivity (Wildman–Crippen MR) is 117 cm³/mol. The van der Waals surface area contributed by atoms with Crippen LogP contribution in [0.3, 0.4) is 0 Å². The van der Waals surface area contributed by atoms with Crippen LogP contribution in [0.15, 0.2) is 0 Å². The van der Waals surface area contributed by atoms with E-state index >= 15 is 0 Å². The molecular formula is C25H42F6O2. The molecule has 2 rings (SSSR count). The van der Waals surface area contributed by atoms with Gasteiger partial charge in [0.25, 0.3) is 0 Å². The first-order chi connectivity index (χ1) is 15.4. The van der Waals surface area contributed by atoms with E-state index in [0.717, 1.165) is 38.5 Å². The number of unbranched alkanes of at least 4 members (excludes halogenated alkanes) is 6. The van der Waals surface area contributed by atoms with Gasteiger partial charge in [-0.2, -0.15) is 26.3 Å². The molecule has 0 aromatic heterocycles. The fourth-order valence-corrected chi connectivity index (χ4v) is 5.49. The van der Waals surface area contributed by atoms with E-state index in [1.54, 1.807) is 0 Å². The Labute approximate surface area is 195 Å². The molecule has 0 radical (unpaired) electrons. The van der Waals surface area contributed by atoms with Crippen molar-refractivity contribution in [1.82, 2.24) is 0 Å². The maximum atomic E-state index is 14.2. The highest BCUT2D eigenvalue weighted by atomic mass is 19.4. The summed E-state index contributed by atoms with van der Waals surface area (Å²) in [6, 6.07) is 0. The third-order valence-electron chi connectivity index (χ3n) is 7.41. The number of hydrogen-bond acceptors (Lipinski definition) is 2. The van der Waals surface area contributed by atoms with Gasteiger partial charge in [-0.3, -0.25) is 0 Å². The molecule has 0 saturated heterocycles. The second-order valence-electron chi connectivity index (χ2n) is 10.3. The number of rotatable bonds is 12. The zero-order valence-electron chi connectivity index (χ0n) is 20.3. The second kappa shape index (κ2) is 12.0. The van der Waals surface area contributed by atoms with Crippen LogP contribution in [0.4, 0.5) is 26.3 Å². The van der Waals surface area contributed by atoms with Crippen LogP contribution in [0.1, 0.15) is 129 Å². The highest BCUT2D eigenvalue weighted by molar-refractivity contribution is 4.97. The van der Waals surface area contributed by atoms with Gasteiger partial charge in [0.05, 0.1) is 0 Å². The summed E-state index contributed by atoms with van der Waals surface area (Å²) in [6.07, 6.45) is -1.02. The van der Waals surface area contributed by atoms with Crippen molar-refractivity contribution in [2.45, 2.75) is 159 Å². The molecular weight excluding hydrogens is 446 g/mol. The minimum absolute atomic E-state index is 0.0242. The Balaban J connectivity index is 2.22. The average Bonchev–Trinajstić information content (AvgIpc) is 2.73. The lowest BCUT2D eigenvalue weighted by atomic mass is 9.82. The van der Waals surface area contributed by atoms with Gasteiger partial charge in [-0.05, 0) is 39.0 Å². The molecule has 0 bridgehead atoms. The normalized spacial score (nSPS) is 21.8. The summed E-state index contributed by atoms with van der Waals surface area (Å²) in [7, 11) is 0. The lowest BCUT2D eigenvalue weighted by Gasteiger charge is -2.49. The summed E-state index contributed by atoms with van der Waals surface area (Å²) in [6.45, 7) is 3.43. The Morgan fingerprint density at radius 2 is 0.939 bits per heavy atom. The van der Waals surface area contributed by atoms with Gasteiger partial charge in [-0.15, -0.1) is 0 Å². The molecule has 0 aromatic rings. The second-order valence-corrected chi connectivity index (χ2v) is 10.3. The van der Waals surface area contributed by atoms with E-state index in [4.69, 9.17) is 9.47 Å². The van der Waals surface area contributed by atoms with Crippen LogP contribution < -0.4 is 0 Å². The van der Waals surface area contributed by atoms with Gasteiger partial charge in [0, 0.05) is 6.42 Å². The molecule has 0 amide bonds. The van der Waals surface area contributed by atoms with Crippen molar-refractivity contribution < 1.29 is 35.8 Å². The third kappa shape index (κ3) is 7.74. The Morgan fingerprint density at radius 3 is 1.30 bits per heavy atom. The van der Waals surface area contributed by atoms with Crippen molar-refractivity contribution >= 4 is 0 Å². The molecule has 33 heavy (non-hydrogen) atoms. The Hall–Kier alpha value is -0.500. The van der Waals surface area contributed by atoms with E-state index in [1.165, 1.54) is 6.92 Å². The maximum Gasteiger partial charge on any atom is 0.417 e. The molecule has 2 nitrogen and oxygen atoms in total. The van der Waals surface area contributed by atoms with Crippen LogP contribution in [0.25, 0.3) is 0 Å². The largest absolute Gasteiger partial charge is 0.417 e. The summed E-state index contributed by atoms with van der Waals surface area (Å²) in [5, 5.41) is 0. The lowest BCUT2D eigenvalue weighted by Crippen LogP contribution is -2.60. The van der Waals surface area contributed by atoms with Crippen molar-refractivity contribution in [3.8, 4) is 0 Å². The van der Waals surface area contributed by atoms with Crippen LogP contribution in [0, 0.1) is 0 Å². The number of ether oxygens (including phenoxy) is 2. The van der Waals surface area contributed by atoms with Crippen molar-refractivity contribution in [3.63, 3.8) is 0 Å². The number of hydrogen-bond donors (Lipinski definition) is 0. The molecule has 8 heteroatoms. The molecule has 0 aromatic carbocycles. The van der Waals surface area contributed by atoms with E-state index in [2.05, 4.69) is 6.92 Å². The first-order valence-corrected chi connectivity index (χ1v) is 12.9. The molecule has 0 N–H and O–H groups in total. The molecule has 0 spiro atoms. The van der Waals surface area contributed by atoms with Gasteiger partial charge in [-0.25, -0.2) is 0 Å². The topological polar surface area (TPSA) is 18.5 Å². The van der Waals surface area contributed by atoms with Crippen LogP contribution >= 0.6 is 0 Å². The molecule has 0 unspecified atom stereocenters. The predicted octanol–water partition coefficient (Wildman–Crippen LogP) is 9.41. The third-order valence-corrected chi connectivity index (χ3v) is 7.41. The fourth-order valence-electron chi connectivity index (χ4n) is 5.49. The SMILES string of the molecule is CCCCCCCCCC(C)(OC1(C(F)(F)F)CCCCC1)OC1(C(F)(F)F)CCCCC1. The summed E-state index contributed by atoms with van der Waals surface area (Å²) >= 11 is 0. The Kier molecular flexibility index (Phi) is 10.4. The molecule has 2 aliphatic rings. The van der Waals surface area contributed by atoms with E-state index in [0.29, 0.717) is 44.9 Å². The average molecular weight is 489 g/mol. The maximum absolute atomic E-state index is 14.2. The van der Waals surface area contributed by atoms with Crippen LogP contribution in [0.5, 0.6) is 0 Å². The number of alkyl halides is 6.